The summed E-state index contributed by atoms with van der Waals surface area (Å²) in [5, 5.41) is 11.6. The summed E-state index contributed by atoms with van der Waals surface area (Å²) >= 11 is 0. The summed E-state index contributed by atoms with van der Waals surface area (Å²) in [5.74, 6) is 1.09. The maximum Gasteiger partial charge on any atom is 0.134 e. The first-order valence-electron chi connectivity index (χ1n) is 15.4. The number of benzene rings is 7. The number of para-hydroxylation sites is 2. The first kappa shape index (κ1) is 23.9. The molecular formula is C42H27NO. The Morgan fingerprint density at radius 2 is 0.977 bits per heavy atom. The van der Waals surface area contributed by atoms with Gasteiger partial charge in [-0.1, -0.05) is 103 Å². The van der Waals surface area contributed by atoms with Crippen LogP contribution in [0.5, 0.6) is 0 Å². The lowest BCUT2D eigenvalue weighted by Crippen LogP contribution is -2.03. The highest BCUT2D eigenvalue weighted by Crippen LogP contribution is 2.41. The molecule has 7 aromatic carbocycles. The Bertz CT molecular complexity index is 2630. The van der Waals surface area contributed by atoms with Gasteiger partial charge in [0, 0.05) is 33.8 Å². The number of nitrogens with zero attached hydrogens (tertiary/aromatic N) is 1. The summed E-state index contributed by atoms with van der Waals surface area (Å²) in [6, 6.07) is 48.8. The number of allylic oxidation sites excluding steroid dienone is 1. The normalized spacial score (nSPS) is 13.4. The van der Waals surface area contributed by atoms with Gasteiger partial charge in [0.15, 0.2) is 0 Å². The summed E-state index contributed by atoms with van der Waals surface area (Å²) in [5.41, 5.74) is 8.47. The molecule has 44 heavy (non-hydrogen) atoms. The quantitative estimate of drug-likeness (QED) is 0.192. The van der Waals surface area contributed by atoms with Gasteiger partial charge in [-0.2, -0.15) is 0 Å². The van der Waals surface area contributed by atoms with Crippen LogP contribution in [0.4, 0.5) is 0 Å². The Hall–Kier alpha value is -5.60. The third-order valence-electron chi connectivity index (χ3n) is 9.67. The van der Waals surface area contributed by atoms with Crippen molar-refractivity contribution < 1.29 is 4.42 Å². The molecule has 206 valence electrons. The predicted molar refractivity (Wildman–Crippen MR) is 186 cm³/mol. The second kappa shape index (κ2) is 8.95. The lowest BCUT2D eigenvalue weighted by atomic mass is 9.92. The van der Waals surface area contributed by atoms with Crippen molar-refractivity contribution in [3.05, 3.63) is 145 Å². The van der Waals surface area contributed by atoms with Crippen LogP contribution >= 0.6 is 0 Å². The van der Waals surface area contributed by atoms with E-state index in [1.807, 2.05) is 6.07 Å². The fourth-order valence-electron chi connectivity index (χ4n) is 7.67. The molecule has 0 saturated heterocycles. The first-order chi connectivity index (χ1) is 21.8. The van der Waals surface area contributed by atoms with Crippen molar-refractivity contribution in [3.63, 3.8) is 0 Å². The van der Waals surface area contributed by atoms with Crippen molar-refractivity contribution in [3.8, 4) is 11.1 Å². The van der Waals surface area contributed by atoms with Gasteiger partial charge in [-0.05, 0) is 86.3 Å². The maximum atomic E-state index is 6.22. The molecule has 10 rings (SSSR count). The molecule has 0 fully saturated rings. The van der Waals surface area contributed by atoms with Crippen LogP contribution in [0.2, 0.25) is 0 Å². The molecule has 0 saturated carbocycles. The van der Waals surface area contributed by atoms with Gasteiger partial charge in [0.1, 0.15) is 11.3 Å². The SMILES string of the molecule is C1=C(n2c3ccccc3c3cc(-c4ccc5c6ccccc6c6ccccc6c5c4)ccc32)CCc2oc3ccccc3c21. The molecular weight excluding hydrogens is 534 g/mol. The third kappa shape index (κ3) is 3.31. The highest BCUT2D eigenvalue weighted by Gasteiger charge is 2.22. The molecule has 0 N–H and O–H groups in total. The van der Waals surface area contributed by atoms with E-state index in [2.05, 4.69) is 138 Å². The molecule has 2 heterocycles. The third-order valence-corrected chi connectivity index (χ3v) is 9.67. The van der Waals surface area contributed by atoms with E-state index in [1.165, 1.54) is 81.9 Å². The first-order valence-corrected chi connectivity index (χ1v) is 15.4. The lowest BCUT2D eigenvalue weighted by Gasteiger charge is -2.17. The van der Waals surface area contributed by atoms with Crippen LogP contribution < -0.4 is 0 Å². The number of hydrogen-bond acceptors (Lipinski definition) is 1. The Morgan fingerprint density at radius 3 is 1.73 bits per heavy atom. The topological polar surface area (TPSA) is 18.1 Å². The molecule has 1 aliphatic rings. The van der Waals surface area contributed by atoms with Crippen molar-refractivity contribution >= 4 is 76.9 Å². The second-order valence-corrected chi connectivity index (χ2v) is 12.0. The zero-order chi connectivity index (χ0) is 28.8. The van der Waals surface area contributed by atoms with E-state index in [-0.39, 0.29) is 0 Å². The number of fused-ring (bicyclic) bond motifs is 12. The number of aryl methyl sites for hydroxylation is 1. The van der Waals surface area contributed by atoms with E-state index in [4.69, 9.17) is 4.42 Å². The standard InChI is InChI=1S/C42H27NO/c1-2-11-31-29(9-1)30-10-3-4-12-32(30)36-23-26(17-20-33(31)36)27-18-21-40-37(24-27)34-13-5-7-15-39(34)43(40)28-19-22-42-38(25-28)35-14-6-8-16-41(35)44-42/h1-18,20-21,23-25H,19,22H2. The van der Waals surface area contributed by atoms with Crippen LogP contribution in [0.3, 0.4) is 0 Å². The highest BCUT2D eigenvalue weighted by atomic mass is 16.3. The number of hydrogen-bond donors (Lipinski definition) is 0. The fourth-order valence-corrected chi connectivity index (χ4v) is 7.67. The van der Waals surface area contributed by atoms with Gasteiger partial charge >= 0.3 is 0 Å². The molecule has 0 atom stereocenters. The minimum absolute atomic E-state index is 0.904. The smallest absolute Gasteiger partial charge is 0.134 e. The molecule has 0 bridgehead atoms. The molecule has 0 amide bonds. The minimum Gasteiger partial charge on any atom is -0.460 e. The average Bonchev–Trinajstić information content (AvgIpc) is 3.63. The van der Waals surface area contributed by atoms with Crippen molar-refractivity contribution in [1.29, 1.82) is 0 Å². The molecule has 0 unspecified atom stereocenters. The van der Waals surface area contributed by atoms with Crippen LogP contribution in [0.15, 0.2) is 138 Å². The van der Waals surface area contributed by atoms with Gasteiger partial charge in [-0.3, -0.25) is 0 Å². The van der Waals surface area contributed by atoms with Gasteiger partial charge in [-0.25, -0.2) is 0 Å². The number of furan rings is 1. The van der Waals surface area contributed by atoms with Gasteiger partial charge in [-0.15, -0.1) is 0 Å². The molecule has 1 aliphatic carbocycles. The van der Waals surface area contributed by atoms with Gasteiger partial charge in [0.2, 0.25) is 0 Å². The van der Waals surface area contributed by atoms with E-state index in [9.17, 15) is 0 Å². The molecule has 0 aliphatic heterocycles. The summed E-state index contributed by atoms with van der Waals surface area (Å²) in [6.45, 7) is 0. The number of aromatic nitrogens is 1. The van der Waals surface area contributed by atoms with Crippen LogP contribution in [-0.2, 0) is 6.42 Å². The maximum absolute atomic E-state index is 6.22. The van der Waals surface area contributed by atoms with Crippen LogP contribution in [0.1, 0.15) is 17.7 Å². The minimum atomic E-state index is 0.904. The Balaban J connectivity index is 1.19. The zero-order valence-corrected chi connectivity index (χ0v) is 24.0. The molecule has 0 spiro atoms. The molecule has 2 nitrogen and oxygen atoms in total. The van der Waals surface area contributed by atoms with Crippen molar-refractivity contribution in [2.45, 2.75) is 12.8 Å². The summed E-state index contributed by atoms with van der Waals surface area (Å²) < 4.78 is 8.69. The average molecular weight is 562 g/mol. The number of rotatable bonds is 2. The highest BCUT2D eigenvalue weighted by molar-refractivity contribution is 6.25. The van der Waals surface area contributed by atoms with E-state index in [0.29, 0.717) is 0 Å². The molecule has 2 aromatic heterocycles. The van der Waals surface area contributed by atoms with Gasteiger partial charge in [0.05, 0.1) is 11.0 Å². The van der Waals surface area contributed by atoms with Crippen molar-refractivity contribution in [1.82, 2.24) is 4.57 Å². The van der Waals surface area contributed by atoms with E-state index >= 15 is 0 Å². The Labute approximate surface area is 254 Å². The molecule has 9 aromatic rings. The van der Waals surface area contributed by atoms with E-state index < -0.39 is 0 Å². The van der Waals surface area contributed by atoms with Crippen LogP contribution in [-0.4, -0.2) is 4.57 Å². The summed E-state index contributed by atoms with van der Waals surface area (Å²) in [6.07, 6.45) is 4.19. The van der Waals surface area contributed by atoms with Gasteiger partial charge in [0.25, 0.3) is 0 Å². The Kier molecular flexibility index (Phi) is 4.86. The predicted octanol–water partition coefficient (Wildman–Crippen LogP) is 11.6. The molecule has 2 heteroatoms. The molecule has 0 radical (unpaired) electrons. The summed E-state index contributed by atoms with van der Waals surface area (Å²) in [7, 11) is 0. The van der Waals surface area contributed by atoms with Crippen molar-refractivity contribution in [2.24, 2.45) is 0 Å². The summed E-state index contributed by atoms with van der Waals surface area (Å²) in [4.78, 5) is 0. The zero-order valence-electron chi connectivity index (χ0n) is 24.0. The van der Waals surface area contributed by atoms with Crippen molar-refractivity contribution in [2.75, 3.05) is 0 Å². The van der Waals surface area contributed by atoms with E-state index in [0.717, 1.165) is 24.2 Å². The lowest BCUT2D eigenvalue weighted by molar-refractivity contribution is 0.546. The van der Waals surface area contributed by atoms with Gasteiger partial charge < -0.3 is 8.98 Å². The second-order valence-electron chi connectivity index (χ2n) is 12.0. The van der Waals surface area contributed by atoms with Crippen LogP contribution in [0, 0.1) is 0 Å². The monoisotopic (exact) mass is 561 g/mol. The van der Waals surface area contributed by atoms with Crippen LogP contribution in [0.25, 0.3) is 88.0 Å². The Morgan fingerprint density at radius 1 is 0.432 bits per heavy atom. The van der Waals surface area contributed by atoms with E-state index in [1.54, 1.807) is 0 Å². The largest absolute Gasteiger partial charge is 0.460 e. The fraction of sp³-hybridized carbons (Fsp3) is 0.0476.